The highest BCUT2D eigenvalue weighted by Crippen LogP contribution is 2.32. The molecular formula is C88H144F5N19O36. The van der Waals surface area contributed by atoms with Crippen molar-refractivity contribution in [1.82, 2.24) is 98.1 Å². The molecule has 3 aromatic heterocycles. The van der Waals surface area contributed by atoms with Crippen molar-refractivity contribution in [2.24, 2.45) is 0 Å². The lowest BCUT2D eigenvalue weighted by Crippen LogP contribution is -2.65. The second-order valence-corrected chi connectivity index (χ2v) is 33.9. The smallest absolute Gasteiger partial charge is 0.315 e. The lowest BCUT2D eigenvalue weighted by Gasteiger charge is -2.41. The highest BCUT2D eigenvalue weighted by atomic mass is 19.2. The minimum absolute atomic E-state index is 0.0143. The number of carbonyl (C=O) groups is 8. The van der Waals surface area contributed by atoms with Gasteiger partial charge in [-0.2, -0.15) is 8.78 Å². The Balaban J connectivity index is 0.828. The fourth-order valence-electron chi connectivity index (χ4n) is 14.8. The molecule has 148 heavy (non-hydrogen) atoms. The fraction of sp³-hybridized carbons (Fsp3) is 0.773. The van der Waals surface area contributed by atoms with Gasteiger partial charge in [0.05, 0.1) is 177 Å². The number of unbranched alkanes of at least 4 members (excludes halogenated alkanes) is 7. The summed E-state index contributed by atoms with van der Waals surface area (Å²) in [6.07, 6.45) is -7.22. The SMILES string of the molecule is CO[C@@H]1O[C@H](CO)[C@H](O)[C@H](O)C1NC(=O)NCCOCc1cn(COCCOCCOCCNC(=O)CCC(CCC(=O)NCCOCCOCCOCn2cc(COCCNC(=O)N[C@H]3[C@H](OC)O[C@H](CO)[C@H](O)[C@@H]3O)nn2)(CCC(=O)NCCOCCOCCOCn2cc(COCCNC(=O)N[C@H]3[C@H](OC)O[C@H](CO)[C@H](O)[C@@H]3O)nn2)NC(=O)CCCCCCCCCCC(=O)Oc2c(F)c(F)c(F)c(F)c2F)nn1. The zero-order valence-corrected chi connectivity index (χ0v) is 83.0. The molecule has 60 heteroatoms. The van der Waals surface area contributed by atoms with E-state index in [0.717, 1.165) is 0 Å². The quantitative estimate of drug-likeness (QED) is 0.00494. The maximum Gasteiger partial charge on any atom is 0.315 e. The van der Waals surface area contributed by atoms with E-state index in [2.05, 4.69) is 88.8 Å². The largest absolute Gasteiger partial charge is 0.420 e. The average molecular weight is 2140 g/mol. The minimum atomic E-state index is -2.39. The van der Waals surface area contributed by atoms with E-state index >= 15 is 0 Å². The summed E-state index contributed by atoms with van der Waals surface area (Å²) >= 11 is 0. The Morgan fingerprint density at radius 1 is 0.338 bits per heavy atom. The number of hydrogen-bond acceptors (Lipinski definition) is 42. The van der Waals surface area contributed by atoms with Crippen LogP contribution < -0.4 is 57.9 Å². The maximum absolute atomic E-state index is 14.2. The first-order chi connectivity index (χ1) is 71.5. The third kappa shape index (κ3) is 46.7. The van der Waals surface area contributed by atoms with Gasteiger partial charge in [0.25, 0.3) is 0 Å². The number of esters is 1. The van der Waals surface area contributed by atoms with Gasteiger partial charge in [0.15, 0.2) is 18.9 Å². The molecule has 19 N–H and O–H groups in total. The summed E-state index contributed by atoms with van der Waals surface area (Å²) < 4.78 is 177. The van der Waals surface area contributed by atoms with Crippen molar-refractivity contribution in [1.29, 1.82) is 0 Å². The molecule has 6 heterocycles. The van der Waals surface area contributed by atoms with Crippen molar-refractivity contribution in [3.05, 3.63) is 64.8 Å². The van der Waals surface area contributed by atoms with Gasteiger partial charge in [0, 0.05) is 98.2 Å². The van der Waals surface area contributed by atoms with Crippen molar-refractivity contribution < 1.29 is 196 Å². The molecule has 3 aliphatic rings. The van der Waals surface area contributed by atoms with Crippen LogP contribution in [0.15, 0.2) is 18.6 Å². The Bertz CT molecular complexity index is 4080. The Kier molecular flexibility index (Phi) is 60.9. The van der Waals surface area contributed by atoms with Gasteiger partial charge in [-0.1, -0.05) is 54.2 Å². The van der Waals surface area contributed by atoms with Gasteiger partial charge in [-0.15, -0.1) is 15.3 Å². The second kappa shape index (κ2) is 72.0. The highest BCUT2D eigenvalue weighted by molar-refractivity contribution is 5.80. The van der Waals surface area contributed by atoms with Gasteiger partial charge in [0.1, 0.15) is 110 Å². The summed E-state index contributed by atoms with van der Waals surface area (Å²) in [5.74, 6) is -16.0. The minimum Gasteiger partial charge on any atom is -0.420 e. The summed E-state index contributed by atoms with van der Waals surface area (Å²) in [5.41, 5.74) is 0.114. The van der Waals surface area contributed by atoms with Crippen LogP contribution in [0, 0.1) is 29.1 Å². The standard InChI is InChI=1S/C88H144F5N19O36/c1-130-82-72(78(124)75(121)59(47-113)145-82)100-85(127)97-23-29-139-50-56-44-110(107-104-56)53-142-41-38-136-35-32-133-26-20-94-62(116)14-17-88(103-65(119)12-10-8-6-4-5-7-9-11-13-66(120)148-81-70(92)68(90)67(89)69(91)71(81)93,18-15-63(117)95-21-27-134-33-36-137-39-42-143-54-111-45-57(105-108-111)51-140-30-24-98-86(128)101-73-79(125)76(122)60(48-114)146-83(73)131-2)19-16-64(118)96-22-28-135-34-37-138-40-43-144-55-112-46-58(106-109-112)52-141-31-25-99-87(129)102-74-80(126)77(123)61(49-115)147-84(74)132-3/h44-46,59-61,72-80,82-84,113-115,121-126H,4-43,47-55H2,1-3H3,(H,94,116)(H,95,117)(H,96,118)(H,103,119)(H2,97,100,127)(H2,98,101,128)(H2,99,102,129)/t59-,60-,61-,72-,73-,74?,75+,76+,77+,78-,79-,80-,82-,83-,84-/m1/s1. The summed E-state index contributed by atoms with van der Waals surface area (Å²) in [5, 5.41) is 141. The molecule has 10 amide bonds. The monoisotopic (exact) mass is 2140 g/mol. The number of benzene rings is 1. The summed E-state index contributed by atoms with van der Waals surface area (Å²) in [7, 11) is 3.85. The zero-order valence-electron chi connectivity index (χ0n) is 83.0. The van der Waals surface area contributed by atoms with E-state index in [1.165, 1.54) is 35.4 Å². The van der Waals surface area contributed by atoms with E-state index in [9.17, 15) is 106 Å². The lowest BCUT2D eigenvalue weighted by atomic mass is 9.82. The highest BCUT2D eigenvalue weighted by Gasteiger charge is 2.49. The van der Waals surface area contributed by atoms with Crippen LogP contribution >= 0.6 is 0 Å². The van der Waals surface area contributed by atoms with E-state index in [4.69, 9.17) is 85.3 Å². The number of ether oxygens (including phenoxy) is 19. The molecule has 3 fully saturated rings. The molecule has 1 unspecified atom stereocenters. The number of aliphatic hydroxyl groups is 9. The van der Waals surface area contributed by atoms with Crippen molar-refractivity contribution in [3.8, 4) is 5.75 Å². The maximum atomic E-state index is 14.2. The molecule has 55 nitrogen and oxygen atoms in total. The van der Waals surface area contributed by atoms with Gasteiger partial charge >= 0.3 is 24.1 Å². The molecule has 0 bridgehead atoms. The number of aromatic nitrogens is 9. The van der Waals surface area contributed by atoms with E-state index in [1.54, 1.807) is 18.6 Å². The van der Waals surface area contributed by atoms with Crippen LogP contribution in [0.2, 0.25) is 0 Å². The van der Waals surface area contributed by atoms with Gasteiger partial charge in [-0.05, 0) is 32.1 Å². The molecule has 3 saturated heterocycles. The number of rotatable bonds is 79. The third-order valence-electron chi connectivity index (χ3n) is 22.8. The Morgan fingerprint density at radius 3 is 0.912 bits per heavy atom. The summed E-state index contributed by atoms with van der Waals surface area (Å²) in [4.78, 5) is 105. The van der Waals surface area contributed by atoms with E-state index in [1.807, 2.05) is 0 Å². The van der Waals surface area contributed by atoms with Crippen LogP contribution in [0.1, 0.15) is 120 Å². The normalized spacial score (nSPS) is 20.9. The van der Waals surface area contributed by atoms with Crippen LogP contribution in [0.5, 0.6) is 5.75 Å². The molecule has 0 radical (unpaired) electrons. The van der Waals surface area contributed by atoms with Gasteiger partial charge in [0.2, 0.25) is 58.5 Å². The molecular weight excluding hydrogens is 1990 g/mol. The third-order valence-corrected chi connectivity index (χ3v) is 22.8. The van der Waals surface area contributed by atoms with Crippen molar-refractivity contribution in [3.63, 3.8) is 0 Å². The van der Waals surface area contributed by atoms with Crippen molar-refractivity contribution in [2.45, 2.75) is 240 Å². The van der Waals surface area contributed by atoms with Gasteiger partial charge in [-0.25, -0.2) is 41.6 Å². The van der Waals surface area contributed by atoms with Crippen LogP contribution in [-0.4, -0.2) is 435 Å². The molecule has 0 aliphatic carbocycles. The summed E-state index contributed by atoms with van der Waals surface area (Å²) in [6.45, 7) is 1.59. The number of carbonyl (C=O) groups excluding carboxylic acids is 8. The van der Waals surface area contributed by atoms with Crippen LogP contribution in [0.3, 0.4) is 0 Å². The van der Waals surface area contributed by atoms with Gasteiger partial charge in [-0.3, -0.25) is 24.0 Å². The van der Waals surface area contributed by atoms with Crippen LogP contribution in [0.25, 0.3) is 0 Å². The summed E-state index contributed by atoms with van der Waals surface area (Å²) in [6, 6.07) is -5.48. The first-order valence-electron chi connectivity index (χ1n) is 48.6. The predicted octanol–water partition coefficient (Wildman–Crippen LogP) is -4.56. The molecule has 1 aromatic carbocycles. The van der Waals surface area contributed by atoms with Crippen molar-refractivity contribution >= 4 is 47.7 Å². The molecule has 15 atom stereocenters. The zero-order chi connectivity index (χ0) is 107. The second-order valence-electron chi connectivity index (χ2n) is 33.9. The van der Waals surface area contributed by atoms with E-state index in [-0.39, 0.29) is 256 Å². The number of nitrogens with one attached hydrogen (secondary N) is 10. The first-order valence-corrected chi connectivity index (χ1v) is 48.6. The topological polar surface area (TPSA) is 706 Å². The number of urea groups is 3. The number of hydrogen-bond donors (Lipinski definition) is 19. The molecule has 0 saturated carbocycles. The van der Waals surface area contributed by atoms with Crippen LogP contribution in [0.4, 0.5) is 36.3 Å². The number of methoxy groups -OCH3 is 3. The fourth-order valence-corrected chi connectivity index (χ4v) is 14.8. The number of amides is 10. The molecule has 842 valence electrons. The van der Waals surface area contributed by atoms with E-state index in [0.29, 0.717) is 62.0 Å². The Hall–Kier alpha value is -9.63. The number of nitrogens with zero attached hydrogens (tertiary/aromatic N) is 9. The number of halogens is 5. The van der Waals surface area contributed by atoms with Crippen molar-refractivity contribution in [2.75, 3.05) is 199 Å². The number of aliphatic hydroxyl groups excluding tert-OH is 9. The van der Waals surface area contributed by atoms with Gasteiger partial charge < -0.3 is 189 Å². The lowest BCUT2D eigenvalue weighted by molar-refractivity contribution is -0.261. The Morgan fingerprint density at radius 2 is 0.608 bits per heavy atom. The first kappa shape index (κ1) is 125. The molecule has 3 aliphatic heterocycles. The molecule has 7 rings (SSSR count). The molecule has 0 spiro atoms. The molecule has 4 aromatic rings. The van der Waals surface area contributed by atoms with E-state index < -0.39 is 200 Å². The predicted molar refractivity (Wildman–Crippen MR) is 493 cm³/mol. The van der Waals surface area contributed by atoms with Crippen LogP contribution in [-0.2, 0) is 149 Å². The average Bonchev–Trinajstić information content (AvgIpc) is 0.893. The Labute approximate surface area is 849 Å².